The summed E-state index contributed by atoms with van der Waals surface area (Å²) in [4.78, 5) is 0. The normalized spacial score (nSPS) is 23.8. The van der Waals surface area contributed by atoms with Gasteiger partial charge in [0.25, 0.3) is 0 Å². The molecule has 0 bridgehead atoms. The molecule has 0 saturated heterocycles. The number of hydrogen-bond acceptors (Lipinski definition) is 1. The second-order valence-corrected chi connectivity index (χ2v) is 6.55. The summed E-state index contributed by atoms with van der Waals surface area (Å²) in [6.07, 6.45) is 7.15. The van der Waals surface area contributed by atoms with Crippen LogP contribution in [0.3, 0.4) is 0 Å². The summed E-state index contributed by atoms with van der Waals surface area (Å²) in [5.41, 5.74) is 4.21. The highest BCUT2D eigenvalue weighted by atomic mass is 15.0. The molecule has 19 heavy (non-hydrogen) atoms. The van der Waals surface area contributed by atoms with Crippen molar-refractivity contribution < 1.29 is 0 Å². The Hall–Kier alpha value is -0.760. The van der Waals surface area contributed by atoms with Crippen LogP contribution < -0.4 is 5.32 Å². The smallest absolute Gasteiger partial charge is 0.0223 e. The Bertz CT molecular complexity index is 398. The average Bonchev–Trinajstić information content (AvgIpc) is 2.64. The highest BCUT2D eigenvalue weighted by molar-refractivity contribution is 5.26. The fraction of sp³-hybridized carbons (Fsp3) is 0.765. The van der Waals surface area contributed by atoms with Crippen molar-refractivity contribution >= 4 is 0 Å². The lowest BCUT2D eigenvalue weighted by Crippen LogP contribution is -2.20. The van der Waals surface area contributed by atoms with Crippen LogP contribution in [0, 0.1) is 25.7 Å². The minimum atomic E-state index is 0.971. The summed E-state index contributed by atoms with van der Waals surface area (Å²) in [6.45, 7) is 8.99. The minimum Gasteiger partial charge on any atom is -0.352 e. The molecule has 0 atom stereocenters. The predicted molar refractivity (Wildman–Crippen MR) is 82.3 cm³/mol. The highest BCUT2D eigenvalue weighted by Gasteiger charge is 2.17. The zero-order valence-electron chi connectivity index (χ0n) is 13.1. The standard InChI is InChI=1S/C17H30N2/c1-13-5-7-16(8-6-13)9-10-18-12-17-11-14(2)19(4)15(17)3/h11,13,16,18H,5-10,12H2,1-4H3. The number of aryl methyl sites for hydroxylation is 1. The van der Waals surface area contributed by atoms with E-state index >= 15 is 0 Å². The molecule has 1 heterocycles. The molecule has 0 amide bonds. The van der Waals surface area contributed by atoms with Gasteiger partial charge in [-0.25, -0.2) is 0 Å². The van der Waals surface area contributed by atoms with Gasteiger partial charge in [-0.3, -0.25) is 0 Å². The Kier molecular flexibility index (Phi) is 5.09. The summed E-state index contributed by atoms with van der Waals surface area (Å²) in [7, 11) is 2.15. The number of rotatable bonds is 5. The zero-order valence-corrected chi connectivity index (χ0v) is 13.1. The first-order valence-corrected chi connectivity index (χ1v) is 7.90. The van der Waals surface area contributed by atoms with Crippen molar-refractivity contribution in [3.8, 4) is 0 Å². The Morgan fingerprint density at radius 1 is 1.21 bits per heavy atom. The van der Waals surface area contributed by atoms with E-state index in [-0.39, 0.29) is 0 Å². The van der Waals surface area contributed by atoms with E-state index in [4.69, 9.17) is 0 Å². The molecule has 0 unspecified atom stereocenters. The molecule has 2 rings (SSSR count). The van der Waals surface area contributed by atoms with Crippen LogP contribution in [-0.4, -0.2) is 11.1 Å². The summed E-state index contributed by atoms with van der Waals surface area (Å²) in [5, 5.41) is 3.63. The Morgan fingerprint density at radius 3 is 2.47 bits per heavy atom. The molecule has 0 aromatic carbocycles. The molecule has 2 nitrogen and oxygen atoms in total. The van der Waals surface area contributed by atoms with E-state index in [1.807, 2.05) is 0 Å². The third kappa shape index (κ3) is 3.85. The van der Waals surface area contributed by atoms with Crippen LogP contribution in [0.1, 0.15) is 56.0 Å². The Morgan fingerprint density at radius 2 is 1.89 bits per heavy atom. The largest absolute Gasteiger partial charge is 0.352 e. The zero-order chi connectivity index (χ0) is 13.8. The monoisotopic (exact) mass is 262 g/mol. The van der Waals surface area contributed by atoms with Gasteiger partial charge in [0.1, 0.15) is 0 Å². The number of hydrogen-bond donors (Lipinski definition) is 1. The highest BCUT2D eigenvalue weighted by Crippen LogP contribution is 2.29. The summed E-state index contributed by atoms with van der Waals surface area (Å²) < 4.78 is 2.28. The maximum Gasteiger partial charge on any atom is 0.0223 e. The molecule has 1 saturated carbocycles. The topological polar surface area (TPSA) is 17.0 Å². The molecule has 0 aliphatic heterocycles. The van der Waals surface area contributed by atoms with Crippen LogP contribution in [0.25, 0.3) is 0 Å². The molecule has 1 aromatic rings. The molecule has 0 radical (unpaired) electrons. The predicted octanol–water partition coefficient (Wildman–Crippen LogP) is 3.95. The second-order valence-electron chi connectivity index (χ2n) is 6.55. The van der Waals surface area contributed by atoms with E-state index < -0.39 is 0 Å². The SMILES string of the molecule is Cc1cc(CNCCC2CCC(C)CC2)c(C)n1C. The van der Waals surface area contributed by atoms with Crippen LogP contribution >= 0.6 is 0 Å². The number of aromatic nitrogens is 1. The van der Waals surface area contributed by atoms with Crippen molar-refractivity contribution in [3.05, 3.63) is 23.0 Å². The first-order valence-electron chi connectivity index (χ1n) is 7.90. The summed E-state index contributed by atoms with van der Waals surface area (Å²) in [6, 6.07) is 2.31. The quantitative estimate of drug-likeness (QED) is 0.795. The first kappa shape index (κ1) is 14.6. The van der Waals surface area contributed by atoms with E-state index in [2.05, 4.69) is 43.8 Å². The molecule has 1 aromatic heterocycles. The van der Waals surface area contributed by atoms with Crippen LogP contribution in [0.5, 0.6) is 0 Å². The van der Waals surface area contributed by atoms with Crippen molar-refractivity contribution in [1.29, 1.82) is 0 Å². The number of nitrogens with one attached hydrogen (secondary N) is 1. The number of nitrogens with zero attached hydrogens (tertiary/aromatic N) is 1. The van der Waals surface area contributed by atoms with Crippen LogP contribution in [0.2, 0.25) is 0 Å². The Labute approximate surface area is 118 Å². The maximum absolute atomic E-state index is 3.63. The third-order valence-corrected chi connectivity index (χ3v) is 5.06. The van der Waals surface area contributed by atoms with Crippen molar-refractivity contribution in [2.24, 2.45) is 18.9 Å². The van der Waals surface area contributed by atoms with E-state index in [1.165, 1.54) is 55.6 Å². The Balaban J connectivity index is 1.68. The lowest BCUT2D eigenvalue weighted by Gasteiger charge is -2.26. The van der Waals surface area contributed by atoms with E-state index in [9.17, 15) is 0 Å². The molecule has 108 valence electrons. The van der Waals surface area contributed by atoms with Gasteiger partial charge in [-0.05, 0) is 50.3 Å². The molecule has 1 N–H and O–H groups in total. The van der Waals surface area contributed by atoms with Crippen molar-refractivity contribution in [2.45, 2.75) is 59.4 Å². The molecule has 1 aliphatic carbocycles. The van der Waals surface area contributed by atoms with Gasteiger partial charge in [0, 0.05) is 25.0 Å². The molecule has 2 heteroatoms. The van der Waals surface area contributed by atoms with Crippen molar-refractivity contribution in [1.82, 2.24) is 9.88 Å². The summed E-state index contributed by atoms with van der Waals surface area (Å²) in [5.74, 6) is 1.95. The lowest BCUT2D eigenvalue weighted by molar-refractivity contribution is 0.275. The first-order chi connectivity index (χ1) is 9.08. The van der Waals surface area contributed by atoms with Crippen LogP contribution in [-0.2, 0) is 13.6 Å². The second kappa shape index (κ2) is 6.60. The average molecular weight is 262 g/mol. The van der Waals surface area contributed by atoms with Crippen molar-refractivity contribution in [2.75, 3.05) is 6.54 Å². The van der Waals surface area contributed by atoms with Gasteiger partial charge in [0.05, 0.1) is 0 Å². The lowest BCUT2D eigenvalue weighted by atomic mass is 9.81. The fourth-order valence-corrected chi connectivity index (χ4v) is 3.26. The van der Waals surface area contributed by atoms with Crippen LogP contribution in [0.15, 0.2) is 6.07 Å². The van der Waals surface area contributed by atoms with E-state index in [0.29, 0.717) is 0 Å². The van der Waals surface area contributed by atoms with Crippen LogP contribution in [0.4, 0.5) is 0 Å². The third-order valence-electron chi connectivity index (χ3n) is 5.06. The minimum absolute atomic E-state index is 0.971. The molecule has 0 spiro atoms. The van der Waals surface area contributed by atoms with Gasteiger partial charge in [-0.15, -0.1) is 0 Å². The van der Waals surface area contributed by atoms with Gasteiger partial charge < -0.3 is 9.88 Å². The van der Waals surface area contributed by atoms with Crippen molar-refractivity contribution in [3.63, 3.8) is 0 Å². The van der Waals surface area contributed by atoms with E-state index in [0.717, 1.165) is 18.4 Å². The van der Waals surface area contributed by atoms with Gasteiger partial charge in [-0.2, -0.15) is 0 Å². The van der Waals surface area contributed by atoms with Gasteiger partial charge in [0.2, 0.25) is 0 Å². The van der Waals surface area contributed by atoms with Gasteiger partial charge >= 0.3 is 0 Å². The maximum atomic E-state index is 3.63. The van der Waals surface area contributed by atoms with Gasteiger partial charge in [0.15, 0.2) is 0 Å². The van der Waals surface area contributed by atoms with Gasteiger partial charge in [-0.1, -0.05) is 32.6 Å². The molecular formula is C17H30N2. The molecular weight excluding hydrogens is 232 g/mol. The fourth-order valence-electron chi connectivity index (χ4n) is 3.26. The van der Waals surface area contributed by atoms with E-state index in [1.54, 1.807) is 0 Å². The molecule has 1 aliphatic rings. The summed E-state index contributed by atoms with van der Waals surface area (Å²) >= 11 is 0. The molecule has 1 fully saturated rings.